The summed E-state index contributed by atoms with van der Waals surface area (Å²) in [7, 11) is 1.07. The van der Waals surface area contributed by atoms with Gasteiger partial charge in [0, 0.05) is 74.9 Å². The number of carbonyl (C=O) groups excluding carboxylic acids is 2. The Morgan fingerprint density at radius 1 is 0.750 bits per heavy atom. The first-order valence-electron chi connectivity index (χ1n) is 18.2. The molecule has 56 heavy (non-hydrogen) atoms. The fraction of sp³-hybridized carbons (Fsp3) is 0.286. The lowest BCUT2D eigenvalue weighted by atomic mass is 10.1. The molecule has 4 aromatic rings. The van der Waals surface area contributed by atoms with Gasteiger partial charge in [-0.05, 0) is 49.3 Å². The van der Waals surface area contributed by atoms with E-state index in [4.69, 9.17) is 27.8 Å². The lowest BCUT2D eigenvalue weighted by Crippen LogP contribution is -2.19. The topological polar surface area (TPSA) is 121 Å². The fourth-order valence-corrected chi connectivity index (χ4v) is 6.98. The third-order valence-electron chi connectivity index (χ3n) is 9.01. The van der Waals surface area contributed by atoms with Gasteiger partial charge in [0.05, 0.1) is 23.8 Å². The van der Waals surface area contributed by atoms with Gasteiger partial charge in [0.25, 0.3) is 0 Å². The Morgan fingerprint density at radius 3 is 1.82 bits per heavy atom. The molecule has 0 radical (unpaired) electrons. The second-order valence-corrected chi connectivity index (χ2v) is 15.1. The zero-order valence-corrected chi connectivity index (χ0v) is 32.7. The van der Waals surface area contributed by atoms with Crippen LogP contribution in [-0.2, 0) is 63.4 Å². The number of hydrogen-bond donors (Lipinski definition) is 0. The second kappa shape index (κ2) is 19.4. The molecule has 6 rings (SSSR count). The van der Waals surface area contributed by atoms with Crippen LogP contribution in [0.3, 0.4) is 0 Å². The maximum absolute atomic E-state index is 14.1. The van der Waals surface area contributed by atoms with Crippen LogP contribution in [0.15, 0.2) is 133 Å². The molecule has 0 aliphatic carbocycles. The number of rotatable bonds is 19. The summed E-state index contributed by atoms with van der Waals surface area (Å²) >= 11 is 0. The molecular formula is C42H47N4O9P. The van der Waals surface area contributed by atoms with E-state index in [2.05, 4.69) is 4.90 Å². The number of aromatic nitrogens is 1. The molecule has 0 fully saturated rings. The van der Waals surface area contributed by atoms with Crippen LogP contribution in [-0.4, -0.2) is 72.5 Å². The van der Waals surface area contributed by atoms with Crippen molar-refractivity contribution in [3.63, 3.8) is 0 Å². The molecule has 0 unspecified atom stereocenters. The van der Waals surface area contributed by atoms with Gasteiger partial charge in [-0.2, -0.15) is 0 Å². The lowest BCUT2D eigenvalue weighted by Gasteiger charge is -2.22. The second-order valence-electron chi connectivity index (χ2n) is 13.4. The summed E-state index contributed by atoms with van der Waals surface area (Å²) in [6.45, 7) is 0.176. The Labute approximate surface area is 327 Å². The molecule has 0 amide bonds. The van der Waals surface area contributed by atoms with Crippen LogP contribution < -0.4 is 4.74 Å². The molecule has 2 aliphatic heterocycles. The molecule has 0 saturated carbocycles. The quantitative estimate of drug-likeness (QED) is 0.0533. The van der Waals surface area contributed by atoms with Crippen LogP contribution in [0.5, 0.6) is 5.75 Å². The largest absolute Gasteiger partial charge is 0.497 e. The van der Waals surface area contributed by atoms with Gasteiger partial charge in [-0.25, -0.2) is 23.2 Å². The smallest absolute Gasteiger partial charge is 0.482 e. The average Bonchev–Trinajstić information content (AvgIpc) is 3.56. The Balaban J connectivity index is 1.12. The zero-order valence-electron chi connectivity index (χ0n) is 31.8. The van der Waals surface area contributed by atoms with Crippen molar-refractivity contribution in [3.8, 4) is 5.75 Å². The predicted octanol–water partition coefficient (Wildman–Crippen LogP) is 7.48. The number of benzene rings is 3. The van der Waals surface area contributed by atoms with Crippen LogP contribution in [0.1, 0.15) is 29.5 Å². The highest BCUT2D eigenvalue weighted by atomic mass is 31.2. The van der Waals surface area contributed by atoms with Crippen molar-refractivity contribution >= 4 is 30.7 Å². The highest BCUT2D eigenvalue weighted by Gasteiger charge is 2.30. The highest BCUT2D eigenvalue weighted by Crippen LogP contribution is 2.50. The van der Waals surface area contributed by atoms with Gasteiger partial charge in [-0.1, -0.05) is 72.8 Å². The molecule has 1 aromatic heterocycles. The maximum atomic E-state index is 14.1. The maximum Gasteiger partial charge on any atom is 0.482 e. The standard InChI is InChI=1S/C42H47N4O9P/c1-43(2)23-20-35-29-46(40-24-38(50-3)18-19-39(35)40)30-53-56(49,54-31-51-41(47)36-16-10-21-44(27-36)25-33-12-6-4-7-13-33)55-32-52-42(48)37-17-11-22-45(28-37)26-34-14-8-5-9-15-34/h4-15,18-19,21-22,24,27-29H,16-17,20,23,25-26,30-32H2,1-3H3. The number of esters is 2. The van der Waals surface area contributed by atoms with Crippen molar-refractivity contribution in [2.75, 3.05) is 41.3 Å². The Morgan fingerprint density at radius 2 is 1.30 bits per heavy atom. The summed E-state index contributed by atoms with van der Waals surface area (Å²) in [6, 6.07) is 25.4. The van der Waals surface area contributed by atoms with Crippen molar-refractivity contribution in [3.05, 3.63) is 150 Å². The number of phosphoric ester groups is 1. The first-order chi connectivity index (χ1) is 27.2. The minimum atomic E-state index is -4.51. The molecular weight excluding hydrogens is 735 g/mol. The van der Waals surface area contributed by atoms with Crippen molar-refractivity contribution in [2.24, 2.45) is 0 Å². The van der Waals surface area contributed by atoms with Gasteiger partial charge >= 0.3 is 19.8 Å². The van der Waals surface area contributed by atoms with E-state index < -0.39 is 33.3 Å². The Hall–Kier alpha value is -5.43. The number of nitrogens with zero attached hydrogens (tertiary/aromatic N) is 4. The molecule has 14 heteroatoms. The van der Waals surface area contributed by atoms with E-state index in [9.17, 15) is 14.2 Å². The summed E-state index contributed by atoms with van der Waals surface area (Å²) in [5, 5.41) is 0.975. The molecule has 294 valence electrons. The molecule has 13 nitrogen and oxygen atoms in total. The van der Waals surface area contributed by atoms with Crippen LogP contribution in [0, 0.1) is 0 Å². The monoisotopic (exact) mass is 782 g/mol. The minimum absolute atomic E-state index is 0.264. The van der Waals surface area contributed by atoms with E-state index in [1.54, 1.807) is 24.1 Å². The number of likely N-dealkylation sites (N-methyl/N-ethyl adjacent to an activating group) is 1. The van der Waals surface area contributed by atoms with Gasteiger partial charge in [0.2, 0.25) is 13.6 Å². The SMILES string of the molecule is COc1ccc2c(CCN(C)C)cn(COP(=O)(OCOC(=O)C3=CN(Cc4ccccc4)C=CC3)OCOC(=O)C3=CN(Cc4ccccc4)C=CC3)c2c1. The first-order valence-corrected chi connectivity index (χ1v) is 19.7. The Bertz CT molecular complexity index is 2030. The van der Waals surface area contributed by atoms with Crippen molar-refractivity contribution in [1.29, 1.82) is 0 Å². The number of methoxy groups -OCH3 is 1. The van der Waals surface area contributed by atoms with Crippen molar-refractivity contribution in [1.82, 2.24) is 19.3 Å². The summed E-state index contributed by atoms with van der Waals surface area (Å²) in [5.41, 5.74) is 4.73. The highest BCUT2D eigenvalue weighted by molar-refractivity contribution is 7.48. The third kappa shape index (κ3) is 11.3. The lowest BCUT2D eigenvalue weighted by molar-refractivity contribution is -0.149. The minimum Gasteiger partial charge on any atom is -0.497 e. The molecule has 0 atom stereocenters. The molecule has 3 heterocycles. The predicted molar refractivity (Wildman–Crippen MR) is 211 cm³/mol. The summed E-state index contributed by atoms with van der Waals surface area (Å²) in [5.74, 6) is -0.678. The summed E-state index contributed by atoms with van der Waals surface area (Å²) in [4.78, 5) is 32.0. The average molecular weight is 783 g/mol. The number of phosphoric acid groups is 1. The van der Waals surface area contributed by atoms with E-state index in [1.165, 1.54) is 0 Å². The third-order valence-corrected chi connectivity index (χ3v) is 10.3. The number of hydrogen-bond acceptors (Lipinski definition) is 12. The summed E-state index contributed by atoms with van der Waals surface area (Å²) < 4.78 is 49.0. The van der Waals surface area contributed by atoms with Crippen LogP contribution >= 0.6 is 7.82 Å². The first kappa shape index (κ1) is 40.2. The van der Waals surface area contributed by atoms with E-state index in [-0.39, 0.29) is 6.73 Å². The number of ether oxygens (including phenoxy) is 3. The van der Waals surface area contributed by atoms with E-state index >= 15 is 0 Å². The van der Waals surface area contributed by atoms with Crippen molar-refractivity contribution in [2.45, 2.75) is 39.1 Å². The molecule has 0 saturated heterocycles. The molecule has 0 bridgehead atoms. The fourth-order valence-electron chi connectivity index (χ4n) is 6.12. The normalized spacial score (nSPS) is 14.2. The molecule has 3 aromatic carbocycles. The summed E-state index contributed by atoms with van der Waals surface area (Å²) in [6.07, 6.45) is 14.3. The van der Waals surface area contributed by atoms with Gasteiger partial charge in [0.1, 0.15) is 12.5 Å². The zero-order chi connectivity index (χ0) is 39.3. The molecule has 0 spiro atoms. The van der Waals surface area contributed by atoms with Gasteiger partial charge < -0.3 is 33.5 Å². The molecule has 0 N–H and O–H groups in total. The van der Waals surface area contributed by atoms with Gasteiger partial charge in [0.15, 0.2) is 0 Å². The number of fused-ring (bicyclic) bond motifs is 1. The Kier molecular flexibility index (Phi) is 14.0. The van der Waals surface area contributed by atoms with E-state index in [0.717, 1.165) is 40.6 Å². The molecule has 2 aliphatic rings. The van der Waals surface area contributed by atoms with Crippen molar-refractivity contribution < 1.29 is 41.9 Å². The number of carbonyl (C=O) groups is 2. The van der Waals surface area contributed by atoms with E-state index in [0.29, 0.717) is 42.8 Å². The number of allylic oxidation sites excluding steroid dienone is 2. The van der Waals surface area contributed by atoms with Crippen LogP contribution in [0.25, 0.3) is 10.9 Å². The van der Waals surface area contributed by atoms with Gasteiger partial charge in [-0.15, -0.1) is 0 Å². The van der Waals surface area contributed by atoms with E-state index in [1.807, 2.05) is 134 Å². The van der Waals surface area contributed by atoms with Gasteiger partial charge in [-0.3, -0.25) is 4.52 Å². The van der Waals surface area contributed by atoms with Crippen LogP contribution in [0.4, 0.5) is 0 Å². The van der Waals surface area contributed by atoms with Crippen LogP contribution in [0.2, 0.25) is 0 Å².